The van der Waals surface area contributed by atoms with Gasteiger partial charge >= 0.3 is 0 Å². The second-order valence-corrected chi connectivity index (χ2v) is 8.74. The molecular formula is C26H36O6. The van der Waals surface area contributed by atoms with Crippen LogP contribution in [-0.4, -0.2) is 47.9 Å². The van der Waals surface area contributed by atoms with E-state index < -0.39 is 0 Å². The number of rotatable bonds is 10. The third-order valence-electron chi connectivity index (χ3n) is 6.71. The molecule has 3 rings (SSSR count). The zero-order chi connectivity index (χ0) is 23.1. The smallest absolute Gasteiger partial charge is 0.126 e. The fourth-order valence-corrected chi connectivity index (χ4v) is 5.13. The number of methoxy groups -OCH3 is 2. The van der Waals surface area contributed by atoms with E-state index in [1.807, 2.05) is 24.3 Å². The lowest BCUT2D eigenvalue weighted by Crippen LogP contribution is -2.31. The summed E-state index contributed by atoms with van der Waals surface area (Å²) < 4.78 is 10.7. The number of aromatic hydroxyl groups is 2. The average Bonchev–Trinajstić information content (AvgIpc) is 2.80. The van der Waals surface area contributed by atoms with E-state index in [4.69, 9.17) is 9.47 Å². The summed E-state index contributed by atoms with van der Waals surface area (Å²) >= 11 is 0. The molecule has 1 aliphatic carbocycles. The van der Waals surface area contributed by atoms with E-state index in [1.54, 1.807) is 14.2 Å². The van der Waals surface area contributed by atoms with Gasteiger partial charge in [-0.3, -0.25) is 0 Å². The molecule has 0 bridgehead atoms. The van der Waals surface area contributed by atoms with Gasteiger partial charge in [-0.05, 0) is 60.1 Å². The molecule has 2 aromatic carbocycles. The van der Waals surface area contributed by atoms with Crippen molar-refractivity contribution in [2.24, 2.45) is 0 Å². The van der Waals surface area contributed by atoms with Gasteiger partial charge in [0.25, 0.3) is 0 Å². The lowest BCUT2D eigenvalue weighted by molar-refractivity contribution is 0.174. The van der Waals surface area contributed by atoms with Gasteiger partial charge in [-0.1, -0.05) is 31.4 Å². The van der Waals surface area contributed by atoms with Crippen LogP contribution in [0.25, 0.3) is 0 Å². The van der Waals surface area contributed by atoms with Gasteiger partial charge < -0.3 is 29.9 Å². The van der Waals surface area contributed by atoms with Crippen molar-refractivity contribution in [3.8, 4) is 11.5 Å². The molecule has 4 N–H and O–H groups in total. The van der Waals surface area contributed by atoms with Gasteiger partial charge in [0.05, 0.1) is 13.2 Å². The van der Waals surface area contributed by atoms with E-state index in [9.17, 15) is 20.4 Å². The van der Waals surface area contributed by atoms with Gasteiger partial charge in [0, 0.05) is 44.0 Å². The summed E-state index contributed by atoms with van der Waals surface area (Å²) in [4.78, 5) is 0. The van der Waals surface area contributed by atoms with Crippen LogP contribution in [0.1, 0.15) is 65.5 Å². The van der Waals surface area contributed by atoms with Crippen molar-refractivity contribution >= 4 is 0 Å². The number of ether oxygens (including phenoxy) is 2. The molecule has 6 heteroatoms. The number of benzene rings is 2. The van der Waals surface area contributed by atoms with Crippen LogP contribution in [0.3, 0.4) is 0 Å². The fourth-order valence-electron chi connectivity index (χ4n) is 5.13. The highest BCUT2D eigenvalue weighted by Gasteiger charge is 2.37. The molecule has 0 amide bonds. The summed E-state index contributed by atoms with van der Waals surface area (Å²) in [6.07, 6.45) is 5.91. The van der Waals surface area contributed by atoms with Gasteiger partial charge in [-0.25, -0.2) is 0 Å². The number of aliphatic hydroxyl groups is 2. The monoisotopic (exact) mass is 444 g/mol. The number of hydrogen-bond donors (Lipinski definition) is 4. The molecule has 32 heavy (non-hydrogen) atoms. The first kappa shape index (κ1) is 24.5. The molecular weight excluding hydrogens is 408 g/mol. The minimum Gasteiger partial charge on any atom is -0.507 e. The zero-order valence-electron chi connectivity index (χ0n) is 19.2. The first-order valence-corrected chi connectivity index (χ1v) is 11.4. The van der Waals surface area contributed by atoms with E-state index in [1.165, 1.54) is 6.42 Å². The van der Waals surface area contributed by atoms with Crippen LogP contribution in [0.4, 0.5) is 0 Å². The number of aliphatic hydroxyl groups excluding tert-OH is 2. The largest absolute Gasteiger partial charge is 0.507 e. The fraction of sp³-hybridized carbons (Fsp3) is 0.538. The molecule has 0 spiro atoms. The average molecular weight is 445 g/mol. The van der Waals surface area contributed by atoms with Crippen molar-refractivity contribution in [3.05, 3.63) is 57.6 Å². The third-order valence-corrected chi connectivity index (χ3v) is 6.71. The highest BCUT2D eigenvalue weighted by molar-refractivity contribution is 5.53. The predicted molar refractivity (Wildman–Crippen MR) is 123 cm³/mol. The minimum atomic E-state index is -0.293. The second kappa shape index (κ2) is 11.1. The molecule has 0 saturated heterocycles. The predicted octanol–water partition coefficient (Wildman–Crippen LogP) is 3.71. The maximum atomic E-state index is 10.7. The molecule has 2 aromatic rings. The van der Waals surface area contributed by atoms with E-state index in [0.29, 0.717) is 37.2 Å². The Bertz CT molecular complexity index is 780. The maximum Gasteiger partial charge on any atom is 0.126 e. The second-order valence-electron chi connectivity index (χ2n) is 8.74. The molecule has 0 atom stereocenters. The van der Waals surface area contributed by atoms with Gasteiger partial charge in [-0.2, -0.15) is 0 Å². The summed E-state index contributed by atoms with van der Waals surface area (Å²) in [5, 5.41) is 40.6. The molecule has 0 unspecified atom stereocenters. The van der Waals surface area contributed by atoms with E-state index in [2.05, 4.69) is 0 Å². The van der Waals surface area contributed by atoms with Crippen molar-refractivity contribution in [2.75, 3.05) is 27.4 Å². The summed E-state index contributed by atoms with van der Waals surface area (Å²) in [6.45, 7) is 0.483. The summed E-state index contributed by atoms with van der Waals surface area (Å²) in [6, 6.07) is 8.09. The first-order chi connectivity index (χ1) is 15.5. The van der Waals surface area contributed by atoms with Gasteiger partial charge in [0.2, 0.25) is 0 Å². The Morgan fingerprint density at radius 2 is 1.09 bits per heavy atom. The lowest BCUT2D eigenvalue weighted by atomic mass is 9.64. The van der Waals surface area contributed by atoms with E-state index in [0.717, 1.165) is 47.9 Å². The molecule has 0 aliphatic heterocycles. The molecule has 1 fully saturated rings. The van der Waals surface area contributed by atoms with Crippen LogP contribution in [0.15, 0.2) is 24.3 Å². The Morgan fingerprint density at radius 3 is 1.50 bits per heavy atom. The Labute approximate surface area is 190 Å². The molecule has 6 nitrogen and oxygen atoms in total. The first-order valence-electron chi connectivity index (χ1n) is 11.4. The van der Waals surface area contributed by atoms with Gasteiger partial charge in [0.1, 0.15) is 11.5 Å². The molecule has 1 saturated carbocycles. The van der Waals surface area contributed by atoms with E-state index in [-0.39, 0.29) is 30.1 Å². The number of hydrogen-bond acceptors (Lipinski definition) is 6. The van der Waals surface area contributed by atoms with Crippen molar-refractivity contribution in [1.82, 2.24) is 0 Å². The number of phenolic OH excluding ortho intramolecular Hbond substituents is 2. The standard InChI is InChI=1S/C26H36O6/c1-31-16-20-14-23(15-21(17-32-2)25(20)30)26(8-4-3-5-9-26)22-12-18(6-10-27)24(29)19(13-22)7-11-28/h12-15,27-30H,3-11,16-17H2,1-2H3. The zero-order valence-corrected chi connectivity index (χ0v) is 19.2. The van der Waals surface area contributed by atoms with Crippen LogP contribution in [0, 0.1) is 0 Å². The topological polar surface area (TPSA) is 99.4 Å². The molecule has 1 aliphatic rings. The maximum absolute atomic E-state index is 10.7. The summed E-state index contributed by atoms with van der Waals surface area (Å²) in [5.74, 6) is 0.365. The van der Waals surface area contributed by atoms with Crippen LogP contribution < -0.4 is 0 Å². The normalized spacial score (nSPS) is 15.8. The van der Waals surface area contributed by atoms with Crippen molar-refractivity contribution in [2.45, 2.75) is 63.6 Å². The Kier molecular flexibility index (Phi) is 8.54. The third kappa shape index (κ3) is 4.94. The highest BCUT2D eigenvalue weighted by Crippen LogP contribution is 2.48. The molecule has 176 valence electrons. The summed E-state index contributed by atoms with van der Waals surface area (Å²) in [7, 11) is 3.22. The molecule has 0 aromatic heterocycles. The highest BCUT2D eigenvalue weighted by atomic mass is 16.5. The van der Waals surface area contributed by atoms with E-state index >= 15 is 0 Å². The Balaban J connectivity index is 2.24. The van der Waals surface area contributed by atoms with Gasteiger partial charge in [0.15, 0.2) is 0 Å². The molecule has 0 heterocycles. The van der Waals surface area contributed by atoms with Crippen LogP contribution in [0.2, 0.25) is 0 Å². The quantitative estimate of drug-likeness (QED) is 0.446. The Hall–Kier alpha value is -2.12. The van der Waals surface area contributed by atoms with Crippen molar-refractivity contribution < 1.29 is 29.9 Å². The van der Waals surface area contributed by atoms with Crippen molar-refractivity contribution in [1.29, 1.82) is 0 Å². The lowest BCUT2D eigenvalue weighted by Gasteiger charge is -2.40. The SMILES string of the molecule is COCc1cc(C2(c3cc(CCO)c(O)c(CCO)c3)CCCCC2)cc(COC)c1O. The van der Waals surface area contributed by atoms with Crippen LogP contribution in [-0.2, 0) is 40.9 Å². The summed E-state index contributed by atoms with van der Waals surface area (Å²) in [5.41, 5.74) is 4.75. The van der Waals surface area contributed by atoms with Crippen molar-refractivity contribution in [3.63, 3.8) is 0 Å². The molecule has 0 radical (unpaired) electrons. The van der Waals surface area contributed by atoms with Gasteiger partial charge in [-0.15, -0.1) is 0 Å². The van der Waals surface area contributed by atoms with Crippen LogP contribution >= 0.6 is 0 Å². The minimum absolute atomic E-state index is 0.0578. The van der Waals surface area contributed by atoms with Crippen LogP contribution in [0.5, 0.6) is 11.5 Å². The number of phenols is 2. The Morgan fingerprint density at radius 1 is 0.688 bits per heavy atom.